The van der Waals surface area contributed by atoms with Crippen LogP contribution in [0.4, 0.5) is 0 Å². The number of fused-ring (bicyclic) bond motifs is 1. The molecule has 2 unspecified atom stereocenters. The van der Waals surface area contributed by atoms with Crippen molar-refractivity contribution in [2.24, 2.45) is 0 Å². The Balaban J connectivity index is 1.58. The summed E-state index contributed by atoms with van der Waals surface area (Å²) in [6.45, 7) is 0. The highest BCUT2D eigenvalue weighted by molar-refractivity contribution is 5.83. The Morgan fingerprint density at radius 2 is 1.67 bits per heavy atom. The van der Waals surface area contributed by atoms with E-state index in [2.05, 4.69) is 5.32 Å². The first-order valence-corrected chi connectivity index (χ1v) is 9.10. The van der Waals surface area contributed by atoms with Crippen molar-refractivity contribution in [1.29, 1.82) is 0 Å². The molecule has 27 heavy (non-hydrogen) atoms. The summed E-state index contributed by atoms with van der Waals surface area (Å²) in [7, 11) is 0. The van der Waals surface area contributed by atoms with Gasteiger partial charge in [-0.25, -0.2) is 0 Å². The maximum absolute atomic E-state index is 13.1. The number of para-hydroxylation sites is 1. The minimum absolute atomic E-state index is 0.120. The van der Waals surface area contributed by atoms with E-state index in [4.69, 9.17) is 4.74 Å². The molecule has 0 fully saturated rings. The summed E-state index contributed by atoms with van der Waals surface area (Å²) in [5.74, 6) is 0.751. The standard InChI is InChI=1S/C23H21NO3/c25-21-13-7-12-18-19(21)14-15-20(18)24-23(26)22(16-8-3-1-4-9-16)27-17-10-5-2-6-11-17/h1-13,20,22,25H,14-15H2,(H,24,26). The Morgan fingerprint density at radius 3 is 2.41 bits per heavy atom. The molecular formula is C23H21NO3. The lowest BCUT2D eigenvalue weighted by atomic mass is 10.1. The molecule has 0 spiro atoms. The summed E-state index contributed by atoms with van der Waals surface area (Å²) < 4.78 is 6.02. The molecule has 4 rings (SSSR count). The van der Waals surface area contributed by atoms with Gasteiger partial charge in [0, 0.05) is 5.56 Å². The molecule has 2 atom stereocenters. The van der Waals surface area contributed by atoms with Gasteiger partial charge in [-0.2, -0.15) is 0 Å². The van der Waals surface area contributed by atoms with Crippen molar-refractivity contribution in [2.75, 3.05) is 0 Å². The van der Waals surface area contributed by atoms with Gasteiger partial charge < -0.3 is 15.2 Å². The number of rotatable bonds is 5. The van der Waals surface area contributed by atoms with Gasteiger partial charge in [-0.3, -0.25) is 4.79 Å². The second-order valence-corrected chi connectivity index (χ2v) is 6.67. The van der Waals surface area contributed by atoms with E-state index in [0.29, 0.717) is 11.5 Å². The van der Waals surface area contributed by atoms with Crippen LogP contribution in [-0.4, -0.2) is 11.0 Å². The first-order chi connectivity index (χ1) is 13.2. The maximum Gasteiger partial charge on any atom is 0.266 e. The molecule has 4 nitrogen and oxygen atoms in total. The summed E-state index contributed by atoms with van der Waals surface area (Å²) in [6.07, 6.45) is 0.781. The van der Waals surface area contributed by atoms with E-state index in [1.807, 2.05) is 72.8 Å². The van der Waals surface area contributed by atoms with Crippen LogP contribution in [0.15, 0.2) is 78.9 Å². The Morgan fingerprint density at radius 1 is 0.963 bits per heavy atom. The van der Waals surface area contributed by atoms with E-state index < -0.39 is 6.10 Å². The largest absolute Gasteiger partial charge is 0.508 e. The van der Waals surface area contributed by atoms with Crippen molar-refractivity contribution in [3.05, 3.63) is 95.6 Å². The lowest BCUT2D eigenvalue weighted by molar-refractivity contribution is -0.129. The summed E-state index contributed by atoms with van der Waals surface area (Å²) in [4.78, 5) is 13.1. The molecular weight excluding hydrogens is 338 g/mol. The van der Waals surface area contributed by atoms with E-state index in [1.54, 1.807) is 6.07 Å². The van der Waals surface area contributed by atoms with Gasteiger partial charge in [0.25, 0.3) is 5.91 Å². The van der Waals surface area contributed by atoms with Crippen molar-refractivity contribution in [3.8, 4) is 11.5 Å². The van der Waals surface area contributed by atoms with Gasteiger partial charge in [0.2, 0.25) is 6.10 Å². The molecule has 0 radical (unpaired) electrons. The van der Waals surface area contributed by atoms with Gasteiger partial charge in [-0.1, -0.05) is 60.7 Å². The third-order valence-corrected chi connectivity index (χ3v) is 4.90. The molecule has 4 heteroatoms. The summed E-state index contributed by atoms with van der Waals surface area (Å²) in [5, 5.41) is 13.1. The van der Waals surface area contributed by atoms with Crippen LogP contribution in [-0.2, 0) is 11.2 Å². The van der Waals surface area contributed by atoms with Crippen molar-refractivity contribution in [1.82, 2.24) is 5.32 Å². The second-order valence-electron chi connectivity index (χ2n) is 6.67. The number of hydrogen-bond donors (Lipinski definition) is 2. The summed E-state index contributed by atoms with van der Waals surface area (Å²) in [5.41, 5.74) is 2.70. The van der Waals surface area contributed by atoms with E-state index in [1.165, 1.54) is 0 Å². The van der Waals surface area contributed by atoms with Gasteiger partial charge in [0.15, 0.2) is 0 Å². The zero-order chi connectivity index (χ0) is 18.6. The molecule has 2 N–H and O–H groups in total. The van der Waals surface area contributed by atoms with Crippen LogP contribution < -0.4 is 10.1 Å². The van der Waals surface area contributed by atoms with E-state index in [-0.39, 0.29) is 11.9 Å². The molecule has 0 saturated carbocycles. The Kier molecular flexibility index (Phi) is 4.79. The third-order valence-electron chi connectivity index (χ3n) is 4.90. The van der Waals surface area contributed by atoms with Gasteiger partial charge in [0.1, 0.15) is 11.5 Å². The number of amides is 1. The lowest BCUT2D eigenvalue weighted by Gasteiger charge is -2.22. The van der Waals surface area contributed by atoms with Crippen molar-refractivity contribution >= 4 is 5.91 Å². The number of phenolic OH excluding ortho intramolecular Hbond substituents is 1. The molecule has 0 bridgehead atoms. The Labute approximate surface area is 158 Å². The minimum Gasteiger partial charge on any atom is -0.508 e. The fourth-order valence-electron chi connectivity index (χ4n) is 3.57. The number of aromatic hydroxyl groups is 1. The second kappa shape index (κ2) is 7.54. The minimum atomic E-state index is -0.741. The predicted octanol–water partition coefficient (Wildman–Crippen LogP) is 4.32. The fraction of sp³-hybridized carbons (Fsp3) is 0.174. The van der Waals surface area contributed by atoms with Gasteiger partial charge >= 0.3 is 0 Å². The highest BCUT2D eigenvalue weighted by Gasteiger charge is 2.30. The van der Waals surface area contributed by atoms with Crippen LogP contribution in [0.1, 0.15) is 35.3 Å². The maximum atomic E-state index is 13.1. The average molecular weight is 359 g/mol. The number of carbonyl (C=O) groups is 1. The van der Waals surface area contributed by atoms with Crippen molar-refractivity contribution < 1.29 is 14.6 Å². The molecule has 3 aromatic carbocycles. The monoisotopic (exact) mass is 359 g/mol. The van der Waals surface area contributed by atoms with Gasteiger partial charge in [-0.05, 0) is 42.2 Å². The molecule has 0 saturated heterocycles. The summed E-state index contributed by atoms with van der Waals surface area (Å²) in [6, 6.07) is 24.2. The normalized spacial score (nSPS) is 16.4. The first kappa shape index (κ1) is 17.2. The number of carbonyl (C=O) groups excluding carboxylic acids is 1. The third kappa shape index (κ3) is 3.65. The van der Waals surface area contributed by atoms with Gasteiger partial charge in [0.05, 0.1) is 6.04 Å². The van der Waals surface area contributed by atoms with Crippen LogP contribution in [0.25, 0.3) is 0 Å². The highest BCUT2D eigenvalue weighted by Crippen LogP contribution is 2.36. The molecule has 0 aliphatic heterocycles. The molecule has 136 valence electrons. The number of benzene rings is 3. The van der Waals surface area contributed by atoms with Crippen molar-refractivity contribution in [3.63, 3.8) is 0 Å². The van der Waals surface area contributed by atoms with Crippen LogP contribution >= 0.6 is 0 Å². The van der Waals surface area contributed by atoms with E-state index >= 15 is 0 Å². The topological polar surface area (TPSA) is 58.6 Å². The Hall–Kier alpha value is -3.27. The van der Waals surface area contributed by atoms with Crippen molar-refractivity contribution in [2.45, 2.75) is 25.0 Å². The first-order valence-electron chi connectivity index (χ1n) is 9.10. The number of phenols is 1. The number of ether oxygens (including phenoxy) is 1. The van der Waals surface area contributed by atoms with E-state index in [9.17, 15) is 9.90 Å². The fourth-order valence-corrected chi connectivity index (χ4v) is 3.57. The summed E-state index contributed by atoms with van der Waals surface area (Å²) >= 11 is 0. The lowest BCUT2D eigenvalue weighted by Crippen LogP contribution is -2.34. The smallest absolute Gasteiger partial charge is 0.266 e. The van der Waals surface area contributed by atoms with Crippen LogP contribution in [0.3, 0.4) is 0 Å². The van der Waals surface area contributed by atoms with Crippen LogP contribution in [0.2, 0.25) is 0 Å². The average Bonchev–Trinajstić information content (AvgIpc) is 3.12. The van der Waals surface area contributed by atoms with Crippen LogP contribution in [0, 0.1) is 0 Å². The molecule has 1 amide bonds. The molecule has 1 aliphatic rings. The van der Waals surface area contributed by atoms with Gasteiger partial charge in [-0.15, -0.1) is 0 Å². The Bertz CT molecular complexity index is 925. The molecule has 0 heterocycles. The predicted molar refractivity (Wildman–Crippen MR) is 104 cm³/mol. The number of hydrogen-bond acceptors (Lipinski definition) is 3. The molecule has 1 aliphatic carbocycles. The highest BCUT2D eigenvalue weighted by atomic mass is 16.5. The molecule has 0 aromatic heterocycles. The zero-order valence-electron chi connectivity index (χ0n) is 14.8. The quantitative estimate of drug-likeness (QED) is 0.713. The number of nitrogens with one attached hydrogen (secondary N) is 1. The van der Waals surface area contributed by atoms with Crippen LogP contribution in [0.5, 0.6) is 11.5 Å². The van der Waals surface area contributed by atoms with E-state index in [0.717, 1.165) is 29.5 Å². The SMILES string of the molecule is O=C(NC1CCc2c(O)cccc21)C(Oc1ccccc1)c1ccccc1. The molecule has 3 aromatic rings. The zero-order valence-corrected chi connectivity index (χ0v) is 14.8.